The summed E-state index contributed by atoms with van der Waals surface area (Å²) in [5, 5.41) is 12.0. The molecule has 0 spiro atoms. The van der Waals surface area contributed by atoms with Crippen molar-refractivity contribution in [3.63, 3.8) is 0 Å². The van der Waals surface area contributed by atoms with Crippen LogP contribution in [0.5, 0.6) is 0 Å². The van der Waals surface area contributed by atoms with Gasteiger partial charge in [-0.05, 0) is 18.5 Å². The Labute approximate surface area is 102 Å². The van der Waals surface area contributed by atoms with Crippen LogP contribution in [-0.2, 0) is 6.54 Å². The van der Waals surface area contributed by atoms with Crippen LogP contribution < -0.4 is 0 Å². The van der Waals surface area contributed by atoms with Crippen molar-refractivity contribution < 1.29 is 0 Å². The first kappa shape index (κ1) is 10.2. The molecule has 3 aromatic rings. The van der Waals surface area contributed by atoms with E-state index in [9.17, 15) is 0 Å². The summed E-state index contributed by atoms with van der Waals surface area (Å²) in [5.41, 5.74) is 2.28. The third kappa shape index (κ3) is 1.66. The van der Waals surface area contributed by atoms with Crippen LogP contribution in [0.3, 0.4) is 0 Å². The van der Waals surface area contributed by atoms with Gasteiger partial charge in [0, 0.05) is 18.3 Å². The van der Waals surface area contributed by atoms with Crippen LogP contribution in [0, 0.1) is 0 Å². The molecule has 17 heavy (non-hydrogen) atoms. The van der Waals surface area contributed by atoms with E-state index in [2.05, 4.69) is 25.3 Å². The fourth-order valence-electron chi connectivity index (χ4n) is 1.69. The minimum Gasteiger partial charge on any atom is -0.272 e. The number of halogens is 1. The van der Waals surface area contributed by atoms with E-state index in [1.165, 1.54) is 0 Å². The molecule has 3 heterocycles. The Bertz CT molecular complexity index is 670. The molecule has 0 aliphatic carbocycles. The number of aryl methyl sites for hydroxylation is 1. The highest BCUT2D eigenvalue weighted by molar-refractivity contribution is 6.28. The molecular weight excluding hydrogens is 240 g/mol. The van der Waals surface area contributed by atoms with Crippen molar-refractivity contribution in [2.45, 2.75) is 13.5 Å². The van der Waals surface area contributed by atoms with Gasteiger partial charge in [-0.1, -0.05) is 0 Å². The molecule has 0 aliphatic rings. The molecule has 0 saturated heterocycles. The van der Waals surface area contributed by atoms with Crippen molar-refractivity contribution in [2.75, 3.05) is 0 Å². The summed E-state index contributed by atoms with van der Waals surface area (Å²) >= 11 is 5.87. The molecule has 0 saturated carbocycles. The van der Waals surface area contributed by atoms with Gasteiger partial charge in [0.15, 0.2) is 5.65 Å². The number of nitrogens with zero attached hydrogens (tertiary/aromatic N) is 5. The van der Waals surface area contributed by atoms with E-state index in [-0.39, 0.29) is 5.28 Å². The SMILES string of the molecule is CCn1cc(-c2nc(Cl)nc3[nH]ncc23)cn1. The van der Waals surface area contributed by atoms with Crippen LogP contribution in [0.2, 0.25) is 5.28 Å². The third-order valence-corrected chi connectivity index (χ3v) is 2.68. The van der Waals surface area contributed by atoms with Crippen molar-refractivity contribution >= 4 is 22.6 Å². The van der Waals surface area contributed by atoms with Gasteiger partial charge in [-0.25, -0.2) is 4.98 Å². The molecule has 86 valence electrons. The Kier molecular flexibility index (Phi) is 2.29. The van der Waals surface area contributed by atoms with Crippen LogP contribution in [0.1, 0.15) is 6.92 Å². The minimum absolute atomic E-state index is 0.195. The maximum Gasteiger partial charge on any atom is 0.224 e. The van der Waals surface area contributed by atoms with Crippen molar-refractivity contribution in [2.24, 2.45) is 0 Å². The van der Waals surface area contributed by atoms with Gasteiger partial charge in [0.1, 0.15) is 0 Å². The third-order valence-electron chi connectivity index (χ3n) is 2.51. The zero-order valence-corrected chi connectivity index (χ0v) is 9.81. The zero-order chi connectivity index (χ0) is 11.8. The average Bonchev–Trinajstić information content (AvgIpc) is 2.95. The first-order chi connectivity index (χ1) is 8.28. The van der Waals surface area contributed by atoms with Crippen molar-refractivity contribution in [3.8, 4) is 11.3 Å². The molecule has 0 unspecified atom stereocenters. The molecule has 7 heteroatoms. The van der Waals surface area contributed by atoms with Crippen molar-refractivity contribution in [1.29, 1.82) is 0 Å². The number of H-pyrrole nitrogens is 1. The Balaban J connectivity index is 2.24. The largest absolute Gasteiger partial charge is 0.272 e. The van der Waals surface area contributed by atoms with Crippen LogP contribution in [0.15, 0.2) is 18.6 Å². The zero-order valence-electron chi connectivity index (χ0n) is 9.05. The van der Waals surface area contributed by atoms with Gasteiger partial charge >= 0.3 is 0 Å². The number of fused-ring (bicyclic) bond motifs is 1. The summed E-state index contributed by atoms with van der Waals surface area (Å²) < 4.78 is 1.83. The monoisotopic (exact) mass is 248 g/mol. The predicted molar refractivity (Wildman–Crippen MR) is 63.6 cm³/mol. The smallest absolute Gasteiger partial charge is 0.224 e. The van der Waals surface area contributed by atoms with Gasteiger partial charge in [0.25, 0.3) is 0 Å². The lowest BCUT2D eigenvalue weighted by Crippen LogP contribution is -1.92. The minimum atomic E-state index is 0.195. The Morgan fingerprint density at radius 2 is 2.24 bits per heavy atom. The number of rotatable bonds is 2. The highest BCUT2D eigenvalue weighted by atomic mass is 35.5. The van der Waals surface area contributed by atoms with E-state index in [4.69, 9.17) is 11.6 Å². The van der Waals surface area contributed by atoms with Crippen LogP contribution >= 0.6 is 11.6 Å². The summed E-state index contributed by atoms with van der Waals surface area (Å²) in [6.07, 6.45) is 5.37. The summed E-state index contributed by atoms with van der Waals surface area (Å²) in [7, 11) is 0. The molecule has 1 N–H and O–H groups in total. The maximum absolute atomic E-state index is 5.87. The number of hydrogen-bond donors (Lipinski definition) is 1. The number of nitrogens with one attached hydrogen (secondary N) is 1. The van der Waals surface area contributed by atoms with E-state index in [0.29, 0.717) is 5.65 Å². The summed E-state index contributed by atoms with van der Waals surface area (Å²) in [6, 6.07) is 0. The lowest BCUT2D eigenvalue weighted by molar-refractivity contribution is 0.660. The van der Waals surface area contributed by atoms with Crippen LogP contribution in [0.4, 0.5) is 0 Å². The highest BCUT2D eigenvalue weighted by Crippen LogP contribution is 2.25. The van der Waals surface area contributed by atoms with E-state index in [0.717, 1.165) is 23.2 Å². The van der Waals surface area contributed by atoms with E-state index in [1.54, 1.807) is 12.4 Å². The van der Waals surface area contributed by atoms with E-state index < -0.39 is 0 Å². The van der Waals surface area contributed by atoms with Gasteiger partial charge in [0.2, 0.25) is 5.28 Å². The fraction of sp³-hybridized carbons (Fsp3) is 0.200. The molecule has 0 bridgehead atoms. The Morgan fingerprint density at radius 1 is 1.35 bits per heavy atom. The van der Waals surface area contributed by atoms with Crippen LogP contribution in [-0.4, -0.2) is 29.9 Å². The van der Waals surface area contributed by atoms with E-state index >= 15 is 0 Å². The topological polar surface area (TPSA) is 72.3 Å². The number of aromatic nitrogens is 6. The summed E-state index contributed by atoms with van der Waals surface area (Å²) in [6.45, 7) is 2.84. The van der Waals surface area contributed by atoms with E-state index in [1.807, 2.05) is 17.8 Å². The lowest BCUT2D eigenvalue weighted by Gasteiger charge is -1.98. The van der Waals surface area contributed by atoms with Gasteiger partial charge < -0.3 is 0 Å². The summed E-state index contributed by atoms with van der Waals surface area (Å²) in [5.74, 6) is 0. The Morgan fingerprint density at radius 3 is 3.00 bits per heavy atom. The first-order valence-corrected chi connectivity index (χ1v) is 5.55. The molecule has 0 fully saturated rings. The van der Waals surface area contributed by atoms with Gasteiger partial charge in [-0.3, -0.25) is 9.78 Å². The molecule has 0 radical (unpaired) electrons. The second-order valence-corrected chi connectivity index (χ2v) is 3.90. The highest BCUT2D eigenvalue weighted by Gasteiger charge is 2.11. The molecule has 0 aliphatic heterocycles. The number of hydrogen-bond acceptors (Lipinski definition) is 4. The predicted octanol–water partition coefficient (Wildman–Crippen LogP) is 1.89. The molecule has 3 aromatic heterocycles. The second kappa shape index (κ2) is 3.81. The first-order valence-electron chi connectivity index (χ1n) is 5.17. The fourth-order valence-corrected chi connectivity index (χ4v) is 1.86. The summed E-state index contributed by atoms with van der Waals surface area (Å²) in [4.78, 5) is 8.29. The number of aromatic amines is 1. The quantitative estimate of drug-likeness (QED) is 0.703. The molecule has 0 amide bonds. The maximum atomic E-state index is 5.87. The van der Waals surface area contributed by atoms with Gasteiger partial charge in [-0.15, -0.1) is 0 Å². The molecule has 0 atom stereocenters. The normalized spacial score (nSPS) is 11.2. The second-order valence-electron chi connectivity index (χ2n) is 3.56. The lowest BCUT2D eigenvalue weighted by atomic mass is 10.2. The molecule has 0 aromatic carbocycles. The van der Waals surface area contributed by atoms with Crippen molar-refractivity contribution in [3.05, 3.63) is 23.9 Å². The van der Waals surface area contributed by atoms with Gasteiger partial charge in [0.05, 0.1) is 23.5 Å². The van der Waals surface area contributed by atoms with Gasteiger partial charge in [-0.2, -0.15) is 15.2 Å². The standard InChI is InChI=1S/C10H9ClN6/c1-2-17-5-6(3-13-17)8-7-4-12-16-9(7)15-10(11)14-8/h3-5H,2H2,1H3,(H,12,14,15,16). The van der Waals surface area contributed by atoms with Crippen LogP contribution in [0.25, 0.3) is 22.3 Å². The molecule has 3 rings (SSSR count). The average molecular weight is 249 g/mol. The Hall–Kier alpha value is -1.95. The van der Waals surface area contributed by atoms with Crippen molar-refractivity contribution in [1.82, 2.24) is 29.9 Å². The molecule has 6 nitrogen and oxygen atoms in total. The molecular formula is C10H9ClN6.